The number of amides is 1. The number of nitrogens with two attached hydrogens (primary N) is 1. The van der Waals surface area contributed by atoms with Crippen LogP contribution in [-0.4, -0.2) is 31.9 Å². The lowest BCUT2D eigenvalue weighted by molar-refractivity contribution is -0.147. The number of carbonyl (C=O) groups excluding carboxylic acids is 1. The molecule has 2 aliphatic rings. The number of aliphatic carboxylic acids is 1. The molecule has 0 unspecified atom stereocenters. The zero-order valence-corrected chi connectivity index (χ0v) is 14.3. The number of nitrogens with one attached hydrogen (secondary N) is 1. The summed E-state index contributed by atoms with van der Waals surface area (Å²) in [4.78, 5) is 23.9. The van der Waals surface area contributed by atoms with Crippen LogP contribution in [0.2, 0.25) is 0 Å². The van der Waals surface area contributed by atoms with E-state index >= 15 is 0 Å². The number of rotatable bonds is 6. The fraction of sp³-hybridized carbons (Fsp3) is 0.412. The minimum atomic E-state index is -3.72. The van der Waals surface area contributed by atoms with Crippen LogP contribution in [0.1, 0.15) is 12.0 Å². The standard InChI is InChI=1S/C17H20N2O5S/c18-25(23,24)13-5-1-10(2-6-13)7-8-19-16(20)14-11-3-4-12(9-11)15(14)17(21)22/h1-6,11-12,14-15H,7-9H2,(H,19,20)(H,21,22)(H2,18,23,24)/t11-,12-,14-,15+/m0/s1. The Kier molecular flexibility index (Phi) is 4.66. The summed E-state index contributed by atoms with van der Waals surface area (Å²) in [5.74, 6) is -2.37. The third-order valence-corrected chi connectivity index (χ3v) is 5.94. The Balaban J connectivity index is 1.56. The summed E-state index contributed by atoms with van der Waals surface area (Å²) in [6.07, 6.45) is 5.09. The topological polar surface area (TPSA) is 127 Å². The molecule has 7 nitrogen and oxygen atoms in total. The second kappa shape index (κ2) is 6.61. The number of primary sulfonamides is 1. The predicted octanol–water partition coefficient (Wildman–Crippen LogP) is 0.516. The van der Waals surface area contributed by atoms with Gasteiger partial charge in [0.05, 0.1) is 16.7 Å². The number of carbonyl (C=O) groups is 2. The Labute approximate surface area is 146 Å². The summed E-state index contributed by atoms with van der Waals surface area (Å²) >= 11 is 0. The van der Waals surface area contributed by atoms with Gasteiger partial charge >= 0.3 is 5.97 Å². The third kappa shape index (κ3) is 3.59. The highest BCUT2D eigenvalue weighted by molar-refractivity contribution is 7.89. The van der Waals surface area contributed by atoms with Crippen molar-refractivity contribution in [1.29, 1.82) is 0 Å². The molecule has 1 aromatic carbocycles. The van der Waals surface area contributed by atoms with Gasteiger partial charge in [-0.2, -0.15) is 0 Å². The highest BCUT2D eigenvalue weighted by Crippen LogP contribution is 2.48. The fourth-order valence-corrected chi connectivity index (χ4v) is 4.33. The molecule has 1 saturated carbocycles. The highest BCUT2D eigenvalue weighted by atomic mass is 32.2. The molecule has 2 bridgehead atoms. The van der Waals surface area contributed by atoms with Gasteiger partial charge in [0.25, 0.3) is 0 Å². The van der Waals surface area contributed by atoms with E-state index in [9.17, 15) is 23.1 Å². The first kappa shape index (κ1) is 17.6. The van der Waals surface area contributed by atoms with Crippen molar-refractivity contribution in [3.63, 3.8) is 0 Å². The molecule has 0 saturated heterocycles. The van der Waals surface area contributed by atoms with Crippen LogP contribution in [0.25, 0.3) is 0 Å². The molecule has 1 fully saturated rings. The van der Waals surface area contributed by atoms with E-state index in [1.807, 2.05) is 12.2 Å². The van der Waals surface area contributed by atoms with E-state index in [1.165, 1.54) is 12.1 Å². The maximum Gasteiger partial charge on any atom is 0.307 e. The molecule has 8 heteroatoms. The molecule has 4 atom stereocenters. The molecular weight excluding hydrogens is 344 g/mol. The number of hydrogen-bond donors (Lipinski definition) is 3. The van der Waals surface area contributed by atoms with Crippen molar-refractivity contribution >= 4 is 21.9 Å². The van der Waals surface area contributed by atoms with Crippen LogP contribution < -0.4 is 10.5 Å². The minimum absolute atomic E-state index is 0.000134. The monoisotopic (exact) mass is 364 g/mol. The highest BCUT2D eigenvalue weighted by Gasteiger charge is 2.51. The number of fused-ring (bicyclic) bond motifs is 2. The van der Waals surface area contributed by atoms with Gasteiger partial charge in [-0.05, 0) is 42.4 Å². The van der Waals surface area contributed by atoms with Gasteiger partial charge in [-0.15, -0.1) is 0 Å². The normalized spacial score (nSPS) is 27.4. The summed E-state index contributed by atoms with van der Waals surface area (Å²) in [7, 11) is -3.72. The number of allylic oxidation sites excluding steroid dienone is 2. The van der Waals surface area contributed by atoms with Gasteiger partial charge in [0, 0.05) is 6.54 Å². The second-order valence-electron chi connectivity index (χ2n) is 6.57. The zero-order valence-electron chi connectivity index (χ0n) is 13.5. The van der Waals surface area contributed by atoms with Gasteiger partial charge < -0.3 is 10.4 Å². The Morgan fingerprint density at radius 3 is 2.28 bits per heavy atom. The van der Waals surface area contributed by atoms with Crippen LogP contribution in [-0.2, 0) is 26.0 Å². The third-order valence-electron chi connectivity index (χ3n) is 5.01. The van der Waals surface area contributed by atoms with E-state index in [2.05, 4.69) is 5.32 Å². The number of hydrogen-bond acceptors (Lipinski definition) is 4. The second-order valence-corrected chi connectivity index (χ2v) is 8.13. The maximum absolute atomic E-state index is 12.4. The van der Waals surface area contributed by atoms with Gasteiger partial charge in [0.15, 0.2) is 0 Å². The van der Waals surface area contributed by atoms with Gasteiger partial charge in [-0.1, -0.05) is 24.3 Å². The number of carboxylic acid groups (broad SMARTS) is 1. The molecule has 134 valence electrons. The van der Waals surface area contributed by atoms with Crippen molar-refractivity contribution in [1.82, 2.24) is 5.32 Å². The fourth-order valence-electron chi connectivity index (χ4n) is 3.81. The van der Waals surface area contributed by atoms with Gasteiger partial charge in [-0.25, -0.2) is 13.6 Å². The maximum atomic E-state index is 12.4. The molecule has 2 aliphatic carbocycles. The van der Waals surface area contributed by atoms with E-state index in [-0.39, 0.29) is 22.6 Å². The summed E-state index contributed by atoms with van der Waals surface area (Å²) < 4.78 is 22.4. The van der Waals surface area contributed by atoms with Crippen molar-refractivity contribution in [3.8, 4) is 0 Å². The minimum Gasteiger partial charge on any atom is -0.481 e. The Bertz CT molecular complexity index is 816. The summed E-state index contributed by atoms with van der Waals surface area (Å²) in [6.45, 7) is 0.359. The molecule has 0 spiro atoms. The summed E-state index contributed by atoms with van der Waals surface area (Å²) in [5.41, 5.74) is 0.857. The summed E-state index contributed by atoms with van der Waals surface area (Å²) in [6, 6.07) is 6.14. The SMILES string of the molecule is NS(=O)(=O)c1ccc(CCNC(=O)[C@@H]2[C@H](C(=O)O)[C@H]3C=C[C@H]2C3)cc1. The molecule has 1 amide bonds. The molecule has 0 heterocycles. The van der Waals surface area contributed by atoms with Crippen LogP contribution in [0.3, 0.4) is 0 Å². The Hall–Kier alpha value is -2.19. The van der Waals surface area contributed by atoms with E-state index in [1.54, 1.807) is 12.1 Å². The first-order valence-corrected chi connectivity index (χ1v) is 9.62. The molecular formula is C17H20N2O5S. The molecule has 25 heavy (non-hydrogen) atoms. The van der Waals surface area contributed by atoms with Gasteiger partial charge in [0.2, 0.25) is 15.9 Å². The molecule has 1 aromatic rings. The average Bonchev–Trinajstić information content (AvgIpc) is 3.15. The van der Waals surface area contributed by atoms with Gasteiger partial charge in [0.1, 0.15) is 0 Å². The van der Waals surface area contributed by atoms with Crippen molar-refractivity contribution in [3.05, 3.63) is 42.0 Å². The molecule has 4 N–H and O–H groups in total. The van der Waals surface area contributed by atoms with E-state index in [0.717, 1.165) is 12.0 Å². The van der Waals surface area contributed by atoms with Crippen molar-refractivity contribution in [2.45, 2.75) is 17.7 Å². The van der Waals surface area contributed by atoms with Crippen LogP contribution in [0.5, 0.6) is 0 Å². The number of sulfonamides is 1. The average molecular weight is 364 g/mol. The largest absolute Gasteiger partial charge is 0.481 e. The molecule has 0 radical (unpaired) electrons. The molecule has 0 aromatic heterocycles. The summed E-state index contributed by atoms with van der Waals surface area (Å²) in [5, 5.41) is 17.2. The lowest BCUT2D eigenvalue weighted by atomic mass is 9.82. The number of benzene rings is 1. The first-order chi connectivity index (χ1) is 11.8. The van der Waals surface area contributed by atoms with Crippen molar-refractivity contribution < 1.29 is 23.1 Å². The van der Waals surface area contributed by atoms with E-state index in [4.69, 9.17) is 5.14 Å². The number of carboxylic acids is 1. The Morgan fingerprint density at radius 1 is 1.12 bits per heavy atom. The Morgan fingerprint density at radius 2 is 1.72 bits per heavy atom. The van der Waals surface area contributed by atoms with Crippen LogP contribution in [0.15, 0.2) is 41.3 Å². The van der Waals surface area contributed by atoms with E-state index < -0.39 is 27.8 Å². The molecule has 3 rings (SSSR count). The first-order valence-electron chi connectivity index (χ1n) is 8.08. The van der Waals surface area contributed by atoms with Crippen molar-refractivity contribution in [2.75, 3.05) is 6.54 Å². The van der Waals surface area contributed by atoms with Gasteiger partial charge in [-0.3, -0.25) is 9.59 Å². The van der Waals surface area contributed by atoms with Crippen LogP contribution >= 0.6 is 0 Å². The smallest absolute Gasteiger partial charge is 0.307 e. The van der Waals surface area contributed by atoms with Crippen LogP contribution in [0.4, 0.5) is 0 Å². The lowest BCUT2D eigenvalue weighted by Gasteiger charge is -2.23. The van der Waals surface area contributed by atoms with Crippen LogP contribution in [0, 0.1) is 23.7 Å². The van der Waals surface area contributed by atoms with E-state index in [0.29, 0.717) is 13.0 Å². The quantitative estimate of drug-likeness (QED) is 0.634. The molecule has 0 aliphatic heterocycles. The predicted molar refractivity (Wildman–Crippen MR) is 89.9 cm³/mol. The zero-order chi connectivity index (χ0) is 18.2. The van der Waals surface area contributed by atoms with Crippen molar-refractivity contribution in [2.24, 2.45) is 28.8 Å². The lowest BCUT2D eigenvalue weighted by Crippen LogP contribution is -2.40.